The molecule has 24 heavy (non-hydrogen) atoms. The van der Waals surface area contributed by atoms with Crippen molar-refractivity contribution in [1.29, 1.82) is 0 Å². The van der Waals surface area contributed by atoms with Crippen molar-refractivity contribution in [2.24, 2.45) is 0 Å². The van der Waals surface area contributed by atoms with E-state index in [1.54, 1.807) is 0 Å². The van der Waals surface area contributed by atoms with E-state index in [0.29, 0.717) is 0 Å². The van der Waals surface area contributed by atoms with Crippen LogP contribution in [0.2, 0.25) is 0 Å². The fourth-order valence-corrected chi connectivity index (χ4v) is 2.22. The lowest BCUT2D eigenvalue weighted by Gasteiger charge is -2.17. The maximum absolute atomic E-state index is 8.49. The number of halogens is 1. The van der Waals surface area contributed by atoms with Crippen LogP contribution in [0.4, 0.5) is 0 Å². The summed E-state index contributed by atoms with van der Waals surface area (Å²) in [6.45, 7) is 0. The van der Waals surface area contributed by atoms with E-state index in [9.17, 15) is 0 Å². The lowest BCUT2D eigenvalue weighted by Crippen LogP contribution is -2.68. The molecule has 3 aromatic rings. The Bertz CT molecular complexity index is 666. The smallest absolute Gasteiger partial charge is 0.0105 e. The normalized spacial score (nSPS) is 10.2. The first-order valence-electron chi connectivity index (χ1n) is 6.77. The van der Waals surface area contributed by atoms with Gasteiger partial charge in [-0.2, -0.15) is 0 Å². The third kappa shape index (κ3) is 6.72. The van der Waals surface area contributed by atoms with Gasteiger partial charge in [0.15, 0.2) is 0 Å². The molecule has 0 atom stereocenters. The molecule has 3 aromatic carbocycles. The third-order valence-corrected chi connectivity index (χ3v) is 3.10. The first-order chi connectivity index (χ1) is 10.9. The van der Waals surface area contributed by atoms with Crippen molar-refractivity contribution in [2.75, 3.05) is 0 Å². The Kier molecular flexibility index (Phi) is 7.94. The lowest BCUT2D eigenvalue weighted by atomic mass is 9.95. The minimum atomic E-state index is -4.94. The van der Waals surface area contributed by atoms with Crippen molar-refractivity contribution in [2.45, 2.75) is 0 Å². The average Bonchev–Trinajstić information content (AvgIpc) is 2.55. The molecule has 0 bridgehead atoms. The summed E-state index contributed by atoms with van der Waals surface area (Å²) in [5.41, 5.74) is 5.09. The second kappa shape index (κ2) is 9.44. The fourth-order valence-electron chi connectivity index (χ4n) is 2.22. The Morgan fingerprint density at radius 1 is 0.458 bits per heavy atom. The molecule has 0 aliphatic heterocycles. The van der Waals surface area contributed by atoms with Gasteiger partial charge in [-0.15, -0.1) is 10.2 Å². The van der Waals surface area contributed by atoms with E-state index in [1.807, 2.05) is 0 Å². The second-order valence-electron chi connectivity index (χ2n) is 4.66. The highest BCUT2D eigenvalue weighted by Crippen LogP contribution is 2.31. The molecule has 0 aromatic heterocycles. The minimum absolute atomic E-state index is 0. The second-order valence-corrected chi connectivity index (χ2v) is 5.41. The van der Waals surface area contributed by atoms with Gasteiger partial charge in [-0.25, -0.2) is 18.6 Å². The largest absolute Gasteiger partial charge is 0.222 e. The molecule has 6 heteroatoms. The molecule has 126 valence electrons. The predicted molar refractivity (Wildman–Crippen MR) is 88.9 cm³/mol. The van der Waals surface area contributed by atoms with Gasteiger partial charge < -0.3 is 0 Å². The number of benzene rings is 3. The summed E-state index contributed by atoms with van der Waals surface area (Å²) in [7, 11) is -4.94. The minimum Gasteiger partial charge on any atom is -0.222 e. The van der Waals surface area contributed by atoms with Gasteiger partial charge >= 0.3 is 0 Å². The van der Waals surface area contributed by atoms with E-state index < -0.39 is 10.2 Å². The highest BCUT2D eigenvalue weighted by atomic mass is 35.7. The molecule has 0 unspecified atom stereocenters. The summed E-state index contributed by atoms with van der Waals surface area (Å²) in [4.78, 5) is 0. The predicted octanol–water partition coefficient (Wildman–Crippen LogP) is -0.541. The van der Waals surface area contributed by atoms with Gasteiger partial charge in [0.05, 0.1) is 0 Å². The Labute approximate surface area is 149 Å². The van der Waals surface area contributed by atoms with Crippen molar-refractivity contribution in [1.82, 2.24) is 0 Å². The van der Waals surface area contributed by atoms with E-state index in [2.05, 4.69) is 84.9 Å². The first-order valence-corrected chi connectivity index (χ1v) is 8.00. The van der Waals surface area contributed by atoms with Crippen LogP contribution in [-0.2, 0) is 13.5 Å². The van der Waals surface area contributed by atoms with Crippen molar-refractivity contribution in [3.05, 3.63) is 84.9 Å². The van der Waals surface area contributed by atoms with Crippen LogP contribution < -0.4 is 18.6 Å². The molecular weight excluding hydrogens is 348 g/mol. The third-order valence-electron chi connectivity index (χ3n) is 3.10. The summed E-state index contributed by atoms with van der Waals surface area (Å²) < 4.78 is 34.0. The average molecular weight is 365 g/mol. The summed E-state index contributed by atoms with van der Waals surface area (Å²) >= 11 is 0. The first kappa shape index (κ1) is 20.2. The molecule has 0 fully saturated rings. The van der Waals surface area contributed by atoms with Gasteiger partial charge in [-0.1, -0.05) is 98.4 Å². The highest BCUT2D eigenvalue weighted by Gasteiger charge is 2.05. The van der Waals surface area contributed by atoms with Crippen LogP contribution in [0.25, 0.3) is 22.3 Å². The molecule has 0 saturated carbocycles. The molecule has 0 radical (unpaired) electrons. The fraction of sp³-hybridized carbons (Fsp3) is 0. The quantitative estimate of drug-likeness (QED) is 0.571. The van der Waals surface area contributed by atoms with Gasteiger partial charge in [0.25, 0.3) is 0 Å². The molecule has 3 rings (SSSR count). The SMILES string of the molecule is [O-][Cl+3]([O-])([O-])[O-].[SH3+].c1ccc(-c2ccccc2-c2ccccc2)cc1. The van der Waals surface area contributed by atoms with Gasteiger partial charge in [0.2, 0.25) is 0 Å². The summed E-state index contributed by atoms with van der Waals surface area (Å²) in [5.74, 6) is 0. The lowest BCUT2D eigenvalue weighted by molar-refractivity contribution is -2.00. The van der Waals surface area contributed by atoms with Crippen molar-refractivity contribution in [3.63, 3.8) is 0 Å². The molecule has 4 nitrogen and oxygen atoms in total. The zero-order valence-electron chi connectivity index (χ0n) is 12.7. The van der Waals surface area contributed by atoms with Gasteiger partial charge in [0.1, 0.15) is 0 Å². The van der Waals surface area contributed by atoms with Crippen molar-refractivity contribution in [3.8, 4) is 22.3 Å². The molecule has 0 N–H and O–H groups in total. The van der Waals surface area contributed by atoms with E-state index in [4.69, 9.17) is 18.6 Å². The van der Waals surface area contributed by atoms with Gasteiger partial charge in [-0.3, -0.25) is 0 Å². The van der Waals surface area contributed by atoms with E-state index in [0.717, 1.165) is 0 Å². The van der Waals surface area contributed by atoms with E-state index in [-0.39, 0.29) is 13.5 Å². The Hall–Kier alpha value is -1.86. The summed E-state index contributed by atoms with van der Waals surface area (Å²) in [6, 6.07) is 29.6. The van der Waals surface area contributed by atoms with Gasteiger partial charge in [-0.05, 0) is 22.3 Å². The molecule has 0 heterocycles. The van der Waals surface area contributed by atoms with Crippen molar-refractivity contribution >= 4 is 13.5 Å². The van der Waals surface area contributed by atoms with Gasteiger partial charge in [0, 0.05) is 0 Å². The molecule has 0 amide bonds. The molecular formula is C18H17ClO4S. The summed E-state index contributed by atoms with van der Waals surface area (Å²) in [6.07, 6.45) is 0. The van der Waals surface area contributed by atoms with Crippen LogP contribution in [0, 0.1) is 10.2 Å². The zero-order valence-corrected chi connectivity index (χ0v) is 14.6. The number of hydrogen-bond donors (Lipinski definition) is 0. The molecule has 0 aliphatic rings. The van der Waals surface area contributed by atoms with Crippen LogP contribution >= 0.6 is 0 Å². The monoisotopic (exact) mass is 364 g/mol. The summed E-state index contributed by atoms with van der Waals surface area (Å²) in [5, 5.41) is 0. The van der Waals surface area contributed by atoms with E-state index in [1.165, 1.54) is 22.3 Å². The van der Waals surface area contributed by atoms with Crippen LogP contribution in [-0.4, -0.2) is 0 Å². The van der Waals surface area contributed by atoms with Crippen LogP contribution in [0.15, 0.2) is 84.9 Å². The standard InChI is InChI=1S/C18H14.ClHO4.H2S/c1-3-9-15(10-4-1)17-13-7-8-14-18(17)16-11-5-2-6-12-16;2-1(3,4)5;/h1-14H;(H,2,3,4,5);1H2. The molecule has 0 aliphatic carbocycles. The maximum atomic E-state index is 8.49. The van der Waals surface area contributed by atoms with Crippen molar-refractivity contribution < 1.29 is 28.9 Å². The van der Waals surface area contributed by atoms with Crippen LogP contribution in [0.1, 0.15) is 0 Å². The molecule has 0 saturated heterocycles. The Morgan fingerprint density at radius 2 is 0.708 bits per heavy atom. The van der Waals surface area contributed by atoms with Crippen LogP contribution in [0.5, 0.6) is 0 Å². The topological polar surface area (TPSA) is 92.2 Å². The molecule has 0 spiro atoms. The number of rotatable bonds is 2. The Morgan fingerprint density at radius 3 is 1.00 bits per heavy atom. The Balaban J connectivity index is 0.000000425. The maximum Gasteiger partial charge on any atom is -0.0105 e. The zero-order chi connectivity index (χ0) is 16.7. The number of hydrogen-bond acceptors (Lipinski definition) is 4. The highest BCUT2D eigenvalue weighted by molar-refractivity contribution is 7.37. The van der Waals surface area contributed by atoms with Crippen LogP contribution in [0.3, 0.4) is 0 Å². The van der Waals surface area contributed by atoms with E-state index >= 15 is 0 Å².